The molecule has 78 valence electrons. The fourth-order valence-electron chi connectivity index (χ4n) is 1.82. The summed E-state index contributed by atoms with van der Waals surface area (Å²) in [6.45, 7) is 1.85. The lowest BCUT2D eigenvalue weighted by Gasteiger charge is -2.27. The largest absolute Gasteiger partial charge is 0.381 e. The van der Waals surface area contributed by atoms with Crippen LogP contribution in [0.4, 0.5) is 0 Å². The molecule has 0 aromatic carbocycles. The van der Waals surface area contributed by atoms with E-state index in [0.717, 1.165) is 19.6 Å². The lowest BCUT2D eigenvalue weighted by molar-refractivity contribution is 0.0575. The lowest BCUT2D eigenvalue weighted by Crippen LogP contribution is -2.27. The van der Waals surface area contributed by atoms with Crippen molar-refractivity contribution >= 4 is 27.3 Å². The molecular formula is C11H15BrOS. The average molecular weight is 275 g/mol. The molecule has 0 spiro atoms. The number of hydrogen-bond acceptors (Lipinski definition) is 2. The van der Waals surface area contributed by atoms with E-state index in [1.54, 1.807) is 0 Å². The Morgan fingerprint density at radius 1 is 1.57 bits per heavy atom. The topological polar surface area (TPSA) is 9.23 Å². The molecule has 1 nitrogen and oxygen atoms in total. The third kappa shape index (κ3) is 2.81. The molecule has 0 radical (unpaired) electrons. The molecule has 0 saturated carbocycles. The summed E-state index contributed by atoms with van der Waals surface area (Å²) in [4.78, 5) is 2.16. The van der Waals surface area contributed by atoms with Crippen molar-refractivity contribution in [2.45, 2.75) is 24.1 Å². The highest BCUT2D eigenvalue weighted by Gasteiger charge is 2.22. The van der Waals surface area contributed by atoms with Crippen LogP contribution < -0.4 is 0 Å². The van der Waals surface area contributed by atoms with Crippen LogP contribution in [-0.2, 0) is 11.2 Å². The van der Waals surface area contributed by atoms with Crippen molar-refractivity contribution < 1.29 is 4.74 Å². The Hall–Kier alpha value is 0.140. The minimum Gasteiger partial charge on any atom is -0.381 e. The van der Waals surface area contributed by atoms with Gasteiger partial charge in [-0.15, -0.1) is 11.3 Å². The smallest absolute Gasteiger partial charge is 0.0505 e. The Morgan fingerprint density at radius 3 is 3.21 bits per heavy atom. The molecule has 2 atom stereocenters. The van der Waals surface area contributed by atoms with Crippen molar-refractivity contribution in [3.63, 3.8) is 0 Å². The molecular weight excluding hydrogens is 260 g/mol. The van der Waals surface area contributed by atoms with Crippen molar-refractivity contribution in [3.8, 4) is 0 Å². The van der Waals surface area contributed by atoms with Gasteiger partial charge in [0.15, 0.2) is 0 Å². The van der Waals surface area contributed by atoms with Crippen molar-refractivity contribution in [1.29, 1.82) is 0 Å². The number of thiophene rings is 1. The zero-order chi connectivity index (χ0) is 9.80. The van der Waals surface area contributed by atoms with E-state index in [2.05, 4.69) is 33.4 Å². The Kier molecular flexibility index (Phi) is 4.02. The lowest BCUT2D eigenvalue weighted by atomic mass is 9.96. The zero-order valence-electron chi connectivity index (χ0n) is 8.12. The van der Waals surface area contributed by atoms with Crippen molar-refractivity contribution in [3.05, 3.63) is 22.4 Å². The molecule has 0 amide bonds. The first-order chi connectivity index (χ1) is 6.86. The van der Waals surface area contributed by atoms with Crippen LogP contribution in [0.2, 0.25) is 0 Å². The third-order valence-corrected chi connectivity index (χ3v) is 4.86. The second-order valence-electron chi connectivity index (χ2n) is 3.76. The standard InChI is InChI=1S/C11H15BrOS/c12-11-5-6-13-8-9(11)3-4-10-2-1-7-14-10/h1-2,7,9,11H,3-6,8H2. The van der Waals surface area contributed by atoms with Gasteiger partial charge in [0.25, 0.3) is 0 Å². The van der Waals surface area contributed by atoms with Gasteiger partial charge in [-0.05, 0) is 36.6 Å². The van der Waals surface area contributed by atoms with Crippen LogP contribution in [0.1, 0.15) is 17.7 Å². The maximum absolute atomic E-state index is 5.50. The maximum atomic E-state index is 5.50. The third-order valence-electron chi connectivity index (χ3n) is 2.72. The fraction of sp³-hybridized carbons (Fsp3) is 0.636. The first kappa shape index (κ1) is 10.7. The van der Waals surface area contributed by atoms with Crippen LogP contribution in [0, 0.1) is 5.92 Å². The van der Waals surface area contributed by atoms with E-state index in [-0.39, 0.29) is 0 Å². The van der Waals surface area contributed by atoms with Crippen LogP contribution in [0.3, 0.4) is 0 Å². The van der Waals surface area contributed by atoms with Crippen LogP contribution in [0.25, 0.3) is 0 Å². The Labute approximate surface area is 97.6 Å². The summed E-state index contributed by atoms with van der Waals surface area (Å²) in [7, 11) is 0. The average Bonchev–Trinajstić information content (AvgIpc) is 2.69. The van der Waals surface area contributed by atoms with E-state index >= 15 is 0 Å². The number of alkyl halides is 1. The van der Waals surface area contributed by atoms with E-state index in [9.17, 15) is 0 Å². The Bertz CT molecular complexity index is 260. The van der Waals surface area contributed by atoms with E-state index in [1.807, 2.05) is 11.3 Å². The summed E-state index contributed by atoms with van der Waals surface area (Å²) in [5.74, 6) is 0.700. The molecule has 3 heteroatoms. The number of rotatable bonds is 3. The van der Waals surface area contributed by atoms with Crippen LogP contribution in [-0.4, -0.2) is 18.0 Å². The van der Waals surface area contributed by atoms with Gasteiger partial charge in [0, 0.05) is 16.3 Å². The highest BCUT2D eigenvalue weighted by molar-refractivity contribution is 9.09. The zero-order valence-corrected chi connectivity index (χ0v) is 10.5. The van der Waals surface area contributed by atoms with Crippen LogP contribution in [0.15, 0.2) is 17.5 Å². The van der Waals surface area contributed by atoms with Gasteiger partial charge in [-0.2, -0.15) is 0 Å². The molecule has 1 aromatic heterocycles. The first-order valence-electron chi connectivity index (χ1n) is 5.10. The Balaban J connectivity index is 1.79. The number of halogens is 1. The van der Waals surface area contributed by atoms with Gasteiger partial charge in [-0.25, -0.2) is 0 Å². The molecule has 1 aromatic rings. The van der Waals surface area contributed by atoms with Gasteiger partial charge in [0.05, 0.1) is 6.61 Å². The molecule has 0 bridgehead atoms. The van der Waals surface area contributed by atoms with Crippen molar-refractivity contribution in [2.24, 2.45) is 5.92 Å². The highest BCUT2D eigenvalue weighted by atomic mass is 79.9. The quantitative estimate of drug-likeness (QED) is 0.767. The van der Waals surface area contributed by atoms with Gasteiger partial charge in [-0.1, -0.05) is 22.0 Å². The summed E-state index contributed by atoms with van der Waals surface area (Å²) < 4.78 is 5.50. The fourth-order valence-corrected chi connectivity index (χ4v) is 3.15. The van der Waals surface area contributed by atoms with Gasteiger partial charge in [0.2, 0.25) is 0 Å². The van der Waals surface area contributed by atoms with E-state index < -0.39 is 0 Å². The summed E-state index contributed by atoms with van der Waals surface area (Å²) in [5, 5.41) is 2.15. The highest BCUT2D eigenvalue weighted by Crippen LogP contribution is 2.26. The van der Waals surface area contributed by atoms with Gasteiger partial charge in [-0.3, -0.25) is 0 Å². The Morgan fingerprint density at radius 2 is 2.50 bits per heavy atom. The minimum atomic E-state index is 0.663. The normalized spacial score (nSPS) is 27.8. The molecule has 1 aliphatic heterocycles. The molecule has 14 heavy (non-hydrogen) atoms. The van der Waals surface area contributed by atoms with Crippen molar-refractivity contribution in [2.75, 3.05) is 13.2 Å². The molecule has 1 fully saturated rings. The van der Waals surface area contributed by atoms with Crippen LogP contribution >= 0.6 is 27.3 Å². The molecule has 2 heterocycles. The maximum Gasteiger partial charge on any atom is 0.0505 e. The molecule has 0 aliphatic carbocycles. The number of ether oxygens (including phenoxy) is 1. The van der Waals surface area contributed by atoms with Crippen molar-refractivity contribution in [1.82, 2.24) is 0 Å². The van der Waals surface area contributed by atoms with Gasteiger partial charge < -0.3 is 4.74 Å². The van der Waals surface area contributed by atoms with Gasteiger partial charge >= 0.3 is 0 Å². The van der Waals surface area contributed by atoms with E-state index in [4.69, 9.17) is 4.74 Å². The molecule has 2 rings (SSSR count). The summed E-state index contributed by atoms with van der Waals surface area (Å²) in [6.07, 6.45) is 3.61. The summed E-state index contributed by atoms with van der Waals surface area (Å²) in [6, 6.07) is 4.35. The molecule has 2 unspecified atom stereocenters. The number of hydrogen-bond donors (Lipinski definition) is 0. The number of aryl methyl sites for hydroxylation is 1. The second-order valence-corrected chi connectivity index (χ2v) is 5.97. The minimum absolute atomic E-state index is 0.663. The van der Waals surface area contributed by atoms with E-state index in [0.29, 0.717) is 10.7 Å². The summed E-state index contributed by atoms with van der Waals surface area (Å²) >= 11 is 5.60. The molecule has 0 N–H and O–H groups in total. The van der Waals surface area contributed by atoms with E-state index in [1.165, 1.54) is 17.7 Å². The van der Waals surface area contributed by atoms with Crippen LogP contribution in [0.5, 0.6) is 0 Å². The SMILES string of the molecule is BrC1CCOCC1CCc1cccs1. The summed E-state index contributed by atoms with van der Waals surface area (Å²) in [5.41, 5.74) is 0. The first-order valence-corrected chi connectivity index (χ1v) is 6.90. The second kappa shape index (κ2) is 5.29. The predicted octanol–water partition coefficient (Wildman–Crippen LogP) is 3.48. The monoisotopic (exact) mass is 274 g/mol. The molecule has 1 aliphatic rings. The van der Waals surface area contributed by atoms with Gasteiger partial charge in [0.1, 0.15) is 0 Å². The predicted molar refractivity (Wildman–Crippen MR) is 64.3 cm³/mol. The molecule has 1 saturated heterocycles.